The molecule has 14 heavy (non-hydrogen) atoms. The first-order valence-corrected chi connectivity index (χ1v) is 4.95. The zero-order valence-electron chi connectivity index (χ0n) is 7.93. The van der Waals surface area contributed by atoms with Crippen LogP contribution in [0.15, 0.2) is 18.2 Å². The van der Waals surface area contributed by atoms with Gasteiger partial charge in [0.1, 0.15) is 0 Å². The molecule has 72 valence electrons. The molecule has 4 N–H and O–H groups in total. The molecule has 0 aliphatic carbocycles. The zero-order valence-corrected chi connectivity index (χ0v) is 7.93. The lowest BCUT2D eigenvalue weighted by atomic mass is 10.0. The molecule has 1 aromatic heterocycles. The monoisotopic (exact) mass is 187 g/mol. The molecule has 0 bridgehead atoms. The van der Waals surface area contributed by atoms with Gasteiger partial charge < -0.3 is 16.0 Å². The molecule has 0 fully saturated rings. The fraction of sp³-hybridized carbons (Fsp3) is 0.273. The van der Waals surface area contributed by atoms with Crippen molar-refractivity contribution < 1.29 is 0 Å². The molecule has 2 heterocycles. The standard InChI is InChI=1S/C11H13N3/c12-9-3-1-2-8-7-4-5-13-6-10(7)14-11(8)9/h1-3,13-14H,4-6,12H2. The van der Waals surface area contributed by atoms with E-state index >= 15 is 0 Å². The third kappa shape index (κ3) is 0.960. The Bertz CT molecular complexity index is 484. The van der Waals surface area contributed by atoms with Crippen molar-refractivity contribution in [3.8, 4) is 0 Å². The number of anilines is 1. The number of hydrogen-bond acceptors (Lipinski definition) is 2. The molecule has 0 spiro atoms. The second-order valence-corrected chi connectivity index (χ2v) is 3.78. The number of H-pyrrole nitrogens is 1. The predicted octanol–water partition coefficient (Wildman–Crippen LogP) is 1.40. The molecule has 1 aliphatic heterocycles. The minimum atomic E-state index is 0.844. The maximum absolute atomic E-state index is 5.92. The van der Waals surface area contributed by atoms with Gasteiger partial charge in [-0.3, -0.25) is 0 Å². The molecule has 0 radical (unpaired) electrons. The normalized spacial score (nSPS) is 15.7. The highest BCUT2D eigenvalue weighted by atomic mass is 14.9. The fourth-order valence-corrected chi connectivity index (χ4v) is 2.21. The lowest BCUT2D eigenvalue weighted by molar-refractivity contribution is 0.637. The molecule has 0 unspecified atom stereocenters. The quantitative estimate of drug-likeness (QED) is 0.546. The molecule has 0 amide bonds. The minimum Gasteiger partial charge on any atom is -0.397 e. The number of nitrogens with two attached hydrogens (primary N) is 1. The van der Waals surface area contributed by atoms with E-state index < -0.39 is 0 Å². The van der Waals surface area contributed by atoms with Crippen LogP contribution in [0.4, 0.5) is 5.69 Å². The van der Waals surface area contributed by atoms with Gasteiger partial charge in [-0.05, 0) is 24.6 Å². The number of nitrogens with one attached hydrogen (secondary N) is 2. The van der Waals surface area contributed by atoms with Gasteiger partial charge in [-0.1, -0.05) is 12.1 Å². The summed E-state index contributed by atoms with van der Waals surface area (Å²) in [6, 6.07) is 6.11. The Labute approximate surface area is 82.3 Å². The summed E-state index contributed by atoms with van der Waals surface area (Å²) in [5, 5.41) is 4.64. The van der Waals surface area contributed by atoms with Crippen molar-refractivity contribution in [1.82, 2.24) is 10.3 Å². The molecular formula is C11H13N3. The van der Waals surface area contributed by atoms with Crippen LogP contribution in [0.1, 0.15) is 11.3 Å². The predicted molar refractivity (Wildman–Crippen MR) is 58.1 cm³/mol. The Morgan fingerprint density at radius 3 is 3.14 bits per heavy atom. The third-order valence-electron chi connectivity index (χ3n) is 2.92. The largest absolute Gasteiger partial charge is 0.397 e. The van der Waals surface area contributed by atoms with E-state index in [0.717, 1.165) is 30.7 Å². The van der Waals surface area contributed by atoms with Gasteiger partial charge in [0, 0.05) is 17.6 Å². The Kier molecular flexibility index (Phi) is 1.55. The highest BCUT2D eigenvalue weighted by Gasteiger charge is 2.15. The number of aromatic amines is 1. The average molecular weight is 187 g/mol. The Morgan fingerprint density at radius 1 is 1.29 bits per heavy atom. The van der Waals surface area contributed by atoms with Crippen molar-refractivity contribution in [2.45, 2.75) is 13.0 Å². The van der Waals surface area contributed by atoms with Crippen molar-refractivity contribution >= 4 is 16.6 Å². The van der Waals surface area contributed by atoms with Crippen LogP contribution in [0.5, 0.6) is 0 Å². The van der Waals surface area contributed by atoms with E-state index in [0.29, 0.717) is 0 Å². The lowest BCUT2D eigenvalue weighted by Crippen LogP contribution is -2.22. The summed E-state index contributed by atoms with van der Waals surface area (Å²) >= 11 is 0. The van der Waals surface area contributed by atoms with E-state index in [9.17, 15) is 0 Å². The van der Waals surface area contributed by atoms with Crippen molar-refractivity contribution in [2.75, 3.05) is 12.3 Å². The van der Waals surface area contributed by atoms with Crippen LogP contribution in [0.3, 0.4) is 0 Å². The highest BCUT2D eigenvalue weighted by molar-refractivity contribution is 5.93. The van der Waals surface area contributed by atoms with Gasteiger partial charge >= 0.3 is 0 Å². The maximum Gasteiger partial charge on any atom is 0.0692 e. The second kappa shape index (κ2) is 2.75. The van der Waals surface area contributed by atoms with Crippen LogP contribution in [-0.2, 0) is 13.0 Å². The Hall–Kier alpha value is -1.48. The van der Waals surface area contributed by atoms with Crippen molar-refractivity contribution in [3.05, 3.63) is 29.5 Å². The topological polar surface area (TPSA) is 53.8 Å². The van der Waals surface area contributed by atoms with Crippen LogP contribution in [0.25, 0.3) is 10.9 Å². The van der Waals surface area contributed by atoms with Gasteiger partial charge in [-0.2, -0.15) is 0 Å². The van der Waals surface area contributed by atoms with Crippen LogP contribution in [0, 0.1) is 0 Å². The van der Waals surface area contributed by atoms with E-state index in [1.54, 1.807) is 0 Å². The number of hydrogen-bond donors (Lipinski definition) is 3. The number of rotatable bonds is 0. The van der Waals surface area contributed by atoms with E-state index in [-0.39, 0.29) is 0 Å². The number of fused-ring (bicyclic) bond motifs is 3. The van der Waals surface area contributed by atoms with E-state index in [4.69, 9.17) is 5.73 Å². The van der Waals surface area contributed by atoms with Gasteiger partial charge in [0.25, 0.3) is 0 Å². The first-order chi connectivity index (χ1) is 6.86. The molecule has 0 saturated carbocycles. The van der Waals surface area contributed by atoms with Gasteiger partial charge in [-0.15, -0.1) is 0 Å². The molecule has 3 heteroatoms. The summed E-state index contributed by atoms with van der Waals surface area (Å²) in [5.41, 5.74) is 10.6. The molecule has 3 nitrogen and oxygen atoms in total. The summed E-state index contributed by atoms with van der Waals surface area (Å²) in [6.45, 7) is 2.00. The van der Waals surface area contributed by atoms with E-state index in [1.807, 2.05) is 12.1 Å². The molecule has 2 aromatic rings. The average Bonchev–Trinajstić information content (AvgIpc) is 2.59. The van der Waals surface area contributed by atoms with Crippen LogP contribution in [-0.4, -0.2) is 11.5 Å². The van der Waals surface area contributed by atoms with Crippen molar-refractivity contribution in [1.29, 1.82) is 0 Å². The SMILES string of the molecule is Nc1cccc2c3c([nH]c12)CNCC3. The van der Waals surface area contributed by atoms with Gasteiger partial charge in [0.05, 0.1) is 11.2 Å². The van der Waals surface area contributed by atoms with Gasteiger partial charge in [0.15, 0.2) is 0 Å². The Balaban J connectivity index is 2.36. The molecular weight excluding hydrogens is 174 g/mol. The summed E-state index contributed by atoms with van der Waals surface area (Å²) in [7, 11) is 0. The molecule has 0 saturated heterocycles. The summed E-state index contributed by atoms with van der Waals surface area (Å²) in [4.78, 5) is 3.40. The highest BCUT2D eigenvalue weighted by Crippen LogP contribution is 2.28. The fourth-order valence-electron chi connectivity index (χ4n) is 2.21. The van der Waals surface area contributed by atoms with Crippen LogP contribution in [0.2, 0.25) is 0 Å². The van der Waals surface area contributed by atoms with Gasteiger partial charge in [0.2, 0.25) is 0 Å². The van der Waals surface area contributed by atoms with E-state index in [1.165, 1.54) is 16.6 Å². The maximum atomic E-state index is 5.92. The Morgan fingerprint density at radius 2 is 2.21 bits per heavy atom. The van der Waals surface area contributed by atoms with Crippen LogP contribution < -0.4 is 11.1 Å². The molecule has 0 atom stereocenters. The summed E-state index contributed by atoms with van der Waals surface area (Å²) in [6.07, 6.45) is 1.10. The number of nitrogen functional groups attached to an aromatic ring is 1. The number of aromatic nitrogens is 1. The molecule has 1 aromatic carbocycles. The van der Waals surface area contributed by atoms with Gasteiger partial charge in [-0.25, -0.2) is 0 Å². The van der Waals surface area contributed by atoms with Crippen LogP contribution >= 0.6 is 0 Å². The smallest absolute Gasteiger partial charge is 0.0692 e. The summed E-state index contributed by atoms with van der Waals surface area (Å²) < 4.78 is 0. The number of benzene rings is 1. The minimum absolute atomic E-state index is 0.844. The molecule has 1 aliphatic rings. The zero-order chi connectivity index (χ0) is 9.54. The second-order valence-electron chi connectivity index (χ2n) is 3.78. The summed E-state index contributed by atoms with van der Waals surface area (Å²) in [5.74, 6) is 0. The van der Waals surface area contributed by atoms with Crippen molar-refractivity contribution in [2.24, 2.45) is 0 Å². The first kappa shape index (κ1) is 7.88. The first-order valence-electron chi connectivity index (χ1n) is 4.95. The third-order valence-corrected chi connectivity index (χ3v) is 2.92. The molecule has 3 rings (SSSR count). The lowest BCUT2D eigenvalue weighted by Gasteiger charge is -2.12. The van der Waals surface area contributed by atoms with Crippen molar-refractivity contribution in [3.63, 3.8) is 0 Å². The number of para-hydroxylation sites is 1. The van der Waals surface area contributed by atoms with E-state index in [2.05, 4.69) is 16.4 Å².